The zero-order chi connectivity index (χ0) is 12.0. The first-order valence-electron chi connectivity index (χ1n) is 6.23. The largest absolute Gasteiger partial charge is 0.383 e. The molecular weight excluding hydrogens is 220 g/mol. The molecule has 0 aromatic rings. The van der Waals surface area contributed by atoms with E-state index in [0.717, 1.165) is 19.7 Å². The highest BCUT2D eigenvalue weighted by Crippen LogP contribution is 2.32. The molecule has 1 fully saturated rings. The molecule has 1 saturated heterocycles. The predicted molar refractivity (Wildman–Crippen MR) is 72.1 cm³/mol. The summed E-state index contributed by atoms with van der Waals surface area (Å²) < 4.78 is 5.28. The molecule has 16 heavy (non-hydrogen) atoms. The zero-order valence-corrected chi connectivity index (χ0v) is 11.7. The number of likely N-dealkylation sites (N-methyl/N-ethyl adjacent to an activating group) is 1. The quantitative estimate of drug-likeness (QED) is 0.772. The Labute approximate surface area is 104 Å². The first kappa shape index (κ1) is 14.3. The Morgan fingerprint density at radius 3 is 2.75 bits per heavy atom. The lowest BCUT2D eigenvalue weighted by atomic mass is 9.91. The van der Waals surface area contributed by atoms with Crippen molar-refractivity contribution in [3.8, 4) is 0 Å². The second kappa shape index (κ2) is 6.84. The molecule has 4 heteroatoms. The van der Waals surface area contributed by atoms with Crippen molar-refractivity contribution in [1.82, 2.24) is 4.90 Å². The minimum Gasteiger partial charge on any atom is -0.383 e. The van der Waals surface area contributed by atoms with Crippen LogP contribution in [0.1, 0.15) is 26.7 Å². The summed E-state index contributed by atoms with van der Waals surface area (Å²) in [6.45, 7) is 7.08. The third kappa shape index (κ3) is 3.13. The van der Waals surface area contributed by atoms with Gasteiger partial charge in [0.2, 0.25) is 0 Å². The van der Waals surface area contributed by atoms with Gasteiger partial charge in [0.15, 0.2) is 0 Å². The highest BCUT2D eigenvalue weighted by molar-refractivity contribution is 7.99. The van der Waals surface area contributed by atoms with Gasteiger partial charge in [-0.1, -0.05) is 6.92 Å². The summed E-state index contributed by atoms with van der Waals surface area (Å²) in [5, 5.41) is 0. The molecule has 1 rings (SSSR count). The van der Waals surface area contributed by atoms with Gasteiger partial charge in [-0.25, -0.2) is 0 Å². The van der Waals surface area contributed by atoms with Crippen LogP contribution in [-0.4, -0.2) is 54.8 Å². The van der Waals surface area contributed by atoms with Gasteiger partial charge in [-0.05, 0) is 32.1 Å². The first-order chi connectivity index (χ1) is 7.70. The van der Waals surface area contributed by atoms with Crippen LogP contribution in [0.15, 0.2) is 0 Å². The van der Waals surface area contributed by atoms with E-state index in [9.17, 15) is 0 Å². The Morgan fingerprint density at radius 1 is 1.56 bits per heavy atom. The van der Waals surface area contributed by atoms with E-state index in [0.29, 0.717) is 6.04 Å². The van der Waals surface area contributed by atoms with Gasteiger partial charge >= 0.3 is 0 Å². The van der Waals surface area contributed by atoms with Crippen LogP contribution in [0.5, 0.6) is 0 Å². The van der Waals surface area contributed by atoms with Crippen molar-refractivity contribution in [2.75, 3.05) is 38.3 Å². The van der Waals surface area contributed by atoms with Crippen molar-refractivity contribution < 1.29 is 4.74 Å². The van der Waals surface area contributed by atoms with E-state index in [1.807, 2.05) is 11.8 Å². The molecule has 0 aliphatic carbocycles. The molecule has 0 aromatic carbocycles. The predicted octanol–water partition coefficient (Wildman–Crippen LogP) is 1.57. The molecule has 0 spiro atoms. The molecule has 1 aliphatic heterocycles. The van der Waals surface area contributed by atoms with Crippen molar-refractivity contribution in [3.63, 3.8) is 0 Å². The van der Waals surface area contributed by atoms with Crippen LogP contribution in [0, 0.1) is 0 Å². The molecule has 2 N–H and O–H groups in total. The fraction of sp³-hybridized carbons (Fsp3) is 1.00. The zero-order valence-electron chi connectivity index (χ0n) is 10.9. The molecule has 0 radical (unpaired) electrons. The normalized spacial score (nSPS) is 28.3. The van der Waals surface area contributed by atoms with E-state index in [2.05, 4.69) is 18.7 Å². The van der Waals surface area contributed by atoms with E-state index in [1.54, 1.807) is 7.11 Å². The maximum atomic E-state index is 6.05. The molecule has 96 valence electrons. The first-order valence-corrected chi connectivity index (χ1v) is 7.39. The van der Waals surface area contributed by atoms with Gasteiger partial charge in [-0.15, -0.1) is 0 Å². The van der Waals surface area contributed by atoms with E-state index >= 15 is 0 Å². The lowest BCUT2D eigenvalue weighted by molar-refractivity contribution is 0.0259. The fourth-order valence-electron chi connectivity index (χ4n) is 2.79. The highest BCUT2D eigenvalue weighted by Gasteiger charge is 2.38. The molecular formula is C12H26N2OS. The van der Waals surface area contributed by atoms with E-state index in [-0.39, 0.29) is 5.54 Å². The second-order valence-corrected chi connectivity index (χ2v) is 5.78. The summed E-state index contributed by atoms with van der Waals surface area (Å²) in [5.41, 5.74) is 6.26. The molecule has 1 aliphatic rings. The third-order valence-corrected chi connectivity index (χ3v) is 4.89. The number of nitrogens with two attached hydrogens (primary N) is 1. The summed E-state index contributed by atoms with van der Waals surface area (Å²) in [6.07, 6.45) is 2.52. The molecule has 2 unspecified atom stereocenters. The average molecular weight is 246 g/mol. The Bertz CT molecular complexity index is 195. The smallest absolute Gasteiger partial charge is 0.0615 e. The maximum absolute atomic E-state index is 6.05. The fourth-order valence-corrected chi connectivity index (χ4v) is 4.09. The molecule has 0 bridgehead atoms. The van der Waals surface area contributed by atoms with Crippen molar-refractivity contribution in [2.24, 2.45) is 5.73 Å². The SMILES string of the molecule is CCN(C(C)COC)C1(CN)CCCSC1. The minimum atomic E-state index is 0.204. The lowest BCUT2D eigenvalue weighted by Gasteiger charge is -2.48. The number of nitrogens with zero attached hydrogens (tertiary/aromatic N) is 1. The monoisotopic (exact) mass is 246 g/mol. The summed E-state index contributed by atoms with van der Waals surface area (Å²) in [4.78, 5) is 2.54. The second-order valence-electron chi connectivity index (χ2n) is 4.67. The van der Waals surface area contributed by atoms with Crippen molar-refractivity contribution in [2.45, 2.75) is 38.3 Å². The Kier molecular flexibility index (Phi) is 6.11. The minimum absolute atomic E-state index is 0.204. The van der Waals surface area contributed by atoms with Crippen LogP contribution in [0.4, 0.5) is 0 Å². The van der Waals surface area contributed by atoms with Crippen LogP contribution in [-0.2, 0) is 4.74 Å². The van der Waals surface area contributed by atoms with Gasteiger partial charge < -0.3 is 10.5 Å². The van der Waals surface area contributed by atoms with Crippen molar-refractivity contribution >= 4 is 11.8 Å². The van der Waals surface area contributed by atoms with Gasteiger partial charge in [0.05, 0.1) is 6.61 Å². The van der Waals surface area contributed by atoms with Crippen LogP contribution >= 0.6 is 11.8 Å². The van der Waals surface area contributed by atoms with Gasteiger partial charge in [-0.2, -0.15) is 11.8 Å². The van der Waals surface area contributed by atoms with Crippen LogP contribution in [0.25, 0.3) is 0 Å². The topological polar surface area (TPSA) is 38.5 Å². The van der Waals surface area contributed by atoms with Crippen LogP contribution in [0.2, 0.25) is 0 Å². The lowest BCUT2D eigenvalue weighted by Crippen LogP contribution is -2.60. The van der Waals surface area contributed by atoms with E-state index < -0.39 is 0 Å². The Hall–Kier alpha value is 0.230. The summed E-state index contributed by atoms with van der Waals surface area (Å²) in [7, 11) is 1.77. The van der Waals surface area contributed by atoms with Gasteiger partial charge in [-0.3, -0.25) is 4.90 Å². The van der Waals surface area contributed by atoms with Crippen molar-refractivity contribution in [3.05, 3.63) is 0 Å². The molecule has 0 aromatic heterocycles. The summed E-state index contributed by atoms with van der Waals surface area (Å²) >= 11 is 2.04. The summed E-state index contributed by atoms with van der Waals surface area (Å²) in [6, 6.07) is 0.456. The maximum Gasteiger partial charge on any atom is 0.0615 e. The Morgan fingerprint density at radius 2 is 2.31 bits per heavy atom. The van der Waals surface area contributed by atoms with Crippen LogP contribution in [0.3, 0.4) is 0 Å². The number of hydrogen-bond donors (Lipinski definition) is 1. The average Bonchev–Trinajstić information content (AvgIpc) is 2.31. The van der Waals surface area contributed by atoms with Gasteiger partial charge in [0, 0.05) is 31.0 Å². The van der Waals surface area contributed by atoms with Crippen LogP contribution < -0.4 is 5.73 Å². The van der Waals surface area contributed by atoms with E-state index in [1.165, 1.54) is 24.3 Å². The molecule has 0 saturated carbocycles. The summed E-state index contributed by atoms with van der Waals surface area (Å²) in [5.74, 6) is 2.46. The van der Waals surface area contributed by atoms with Gasteiger partial charge in [0.1, 0.15) is 0 Å². The standard InChI is InChI=1S/C12H26N2OS/c1-4-14(11(2)8-15-3)12(9-13)6-5-7-16-10-12/h11H,4-10,13H2,1-3H3. The number of rotatable bonds is 6. The van der Waals surface area contributed by atoms with Gasteiger partial charge in [0.25, 0.3) is 0 Å². The third-order valence-electron chi connectivity index (χ3n) is 3.57. The molecule has 2 atom stereocenters. The number of methoxy groups -OCH3 is 1. The van der Waals surface area contributed by atoms with E-state index in [4.69, 9.17) is 10.5 Å². The molecule has 0 amide bonds. The van der Waals surface area contributed by atoms with Crippen molar-refractivity contribution in [1.29, 1.82) is 0 Å². The molecule has 1 heterocycles. The number of thioether (sulfide) groups is 1. The highest BCUT2D eigenvalue weighted by atomic mass is 32.2. The Balaban J connectivity index is 2.72. The number of ether oxygens (including phenoxy) is 1. The number of hydrogen-bond acceptors (Lipinski definition) is 4. The molecule has 3 nitrogen and oxygen atoms in total.